The minimum atomic E-state index is 0.147. The SMILES string of the molecule is OCc1cc2cccc3c2n1CC3. The van der Waals surface area contributed by atoms with E-state index in [9.17, 15) is 0 Å². The van der Waals surface area contributed by atoms with Crippen LogP contribution >= 0.6 is 0 Å². The summed E-state index contributed by atoms with van der Waals surface area (Å²) in [5, 5.41) is 10.4. The smallest absolute Gasteiger partial charge is 0.0833 e. The molecule has 1 aliphatic rings. The molecule has 1 aromatic heterocycles. The number of para-hydroxylation sites is 1. The molecule has 0 radical (unpaired) electrons. The number of hydrogen-bond donors (Lipinski definition) is 1. The summed E-state index contributed by atoms with van der Waals surface area (Å²) in [5.41, 5.74) is 3.78. The molecule has 0 spiro atoms. The van der Waals surface area contributed by atoms with Crippen LogP contribution in [0.1, 0.15) is 11.3 Å². The lowest BCUT2D eigenvalue weighted by Crippen LogP contribution is -1.97. The number of hydrogen-bond acceptors (Lipinski definition) is 1. The van der Waals surface area contributed by atoms with Crippen LogP contribution in [-0.4, -0.2) is 9.67 Å². The Morgan fingerprint density at radius 3 is 3.15 bits per heavy atom. The van der Waals surface area contributed by atoms with Crippen LogP contribution in [0.4, 0.5) is 0 Å². The van der Waals surface area contributed by atoms with E-state index in [1.807, 2.05) is 0 Å². The van der Waals surface area contributed by atoms with E-state index in [-0.39, 0.29) is 6.61 Å². The molecule has 66 valence electrons. The Hall–Kier alpha value is -1.28. The third kappa shape index (κ3) is 0.810. The molecule has 0 saturated heterocycles. The fourth-order valence-electron chi connectivity index (χ4n) is 2.28. The highest BCUT2D eigenvalue weighted by atomic mass is 16.3. The molecule has 1 aliphatic heterocycles. The summed E-state index contributed by atoms with van der Waals surface area (Å²) >= 11 is 0. The standard InChI is InChI=1S/C11H11NO/c13-7-10-6-9-3-1-2-8-4-5-12(10)11(8)9/h1-3,6,13H,4-5,7H2. The summed E-state index contributed by atoms with van der Waals surface area (Å²) < 4.78 is 2.23. The van der Waals surface area contributed by atoms with Gasteiger partial charge in [0.2, 0.25) is 0 Å². The summed E-state index contributed by atoms with van der Waals surface area (Å²) in [6, 6.07) is 8.46. The minimum absolute atomic E-state index is 0.147. The van der Waals surface area contributed by atoms with Gasteiger partial charge in [-0.1, -0.05) is 18.2 Å². The Morgan fingerprint density at radius 2 is 2.31 bits per heavy atom. The van der Waals surface area contributed by atoms with Crippen molar-refractivity contribution >= 4 is 10.9 Å². The monoisotopic (exact) mass is 173 g/mol. The zero-order valence-corrected chi connectivity index (χ0v) is 7.33. The van der Waals surface area contributed by atoms with Gasteiger partial charge in [-0.3, -0.25) is 0 Å². The fraction of sp³-hybridized carbons (Fsp3) is 0.273. The van der Waals surface area contributed by atoms with Crippen LogP contribution in [0, 0.1) is 0 Å². The molecule has 13 heavy (non-hydrogen) atoms. The highest BCUT2D eigenvalue weighted by Crippen LogP contribution is 2.29. The molecule has 0 atom stereocenters. The van der Waals surface area contributed by atoms with E-state index in [1.54, 1.807) is 0 Å². The van der Waals surface area contributed by atoms with Crippen molar-refractivity contribution in [3.8, 4) is 0 Å². The number of rotatable bonds is 1. The molecule has 2 heteroatoms. The van der Waals surface area contributed by atoms with Crippen molar-refractivity contribution in [1.29, 1.82) is 0 Å². The predicted molar refractivity (Wildman–Crippen MR) is 51.6 cm³/mol. The van der Waals surface area contributed by atoms with Gasteiger partial charge >= 0.3 is 0 Å². The zero-order chi connectivity index (χ0) is 8.84. The summed E-state index contributed by atoms with van der Waals surface area (Å²) in [4.78, 5) is 0. The maximum absolute atomic E-state index is 9.15. The Bertz CT molecular complexity index is 470. The van der Waals surface area contributed by atoms with Crippen LogP contribution in [0.25, 0.3) is 10.9 Å². The van der Waals surface area contributed by atoms with E-state index >= 15 is 0 Å². The molecule has 1 aromatic carbocycles. The second-order valence-corrected chi connectivity index (χ2v) is 3.55. The Labute approximate surface area is 76.4 Å². The lowest BCUT2D eigenvalue weighted by molar-refractivity contribution is 0.272. The van der Waals surface area contributed by atoms with Crippen LogP contribution < -0.4 is 0 Å². The normalized spacial score (nSPS) is 14.2. The second kappa shape index (κ2) is 2.36. The van der Waals surface area contributed by atoms with Gasteiger partial charge in [0.05, 0.1) is 12.1 Å². The predicted octanol–water partition coefficient (Wildman–Crippen LogP) is 1.69. The van der Waals surface area contributed by atoms with Gasteiger partial charge in [-0.25, -0.2) is 0 Å². The molecular formula is C11H11NO. The quantitative estimate of drug-likeness (QED) is 0.697. The Morgan fingerprint density at radius 1 is 1.38 bits per heavy atom. The molecule has 2 nitrogen and oxygen atoms in total. The van der Waals surface area contributed by atoms with Crippen molar-refractivity contribution in [3.05, 3.63) is 35.5 Å². The highest BCUT2D eigenvalue weighted by molar-refractivity contribution is 5.85. The molecule has 0 amide bonds. The lowest BCUT2D eigenvalue weighted by atomic mass is 10.1. The number of aliphatic hydroxyl groups is 1. The summed E-state index contributed by atoms with van der Waals surface area (Å²) in [7, 11) is 0. The third-order valence-corrected chi connectivity index (χ3v) is 2.86. The van der Waals surface area contributed by atoms with Crippen molar-refractivity contribution in [1.82, 2.24) is 4.57 Å². The first-order valence-corrected chi connectivity index (χ1v) is 4.61. The van der Waals surface area contributed by atoms with E-state index in [1.165, 1.54) is 16.5 Å². The van der Waals surface area contributed by atoms with Crippen LogP contribution in [0.5, 0.6) is 0 Å². The van der Waals surface area contributed by atoms with Gasteiger partial charge in [0.15, 0.2) is 0 Å². The summed E-state index contributed by atoms with van der Waals surface area (Å²) in [6.45, 7) is 1.17. The molecular weight excluding hydrogens is 162 g/mol. The second-order valence-electron chi connectivity index (χ2n) is 3.55. The Balaban J connectivity index is 2.46. The van der Waals surface area contributed by atoms with Gasteiger partial charge in [0.1, 0.15) is 0 Å². The Kier molecular flexibility index (Phi) is 1.30. The zero-order valence-electron chi connectivity index (χ0n) is 7.33. The molecule has 0 fully saturated rings. The summed E-state index contributed by atoms with van der Waals surface area (Å²) in [6.07, 6.45) is 1.11. The lowest BCUT2D eigenvalue weighted by Gasteiger charge is -1.99. The van der Waals surface area contributed by atoms with Crippen molar-refractivity contribution in [2.45, 2.75) is 19.6 Å². The fourth-order valence-corrected chi connectivity index (χ4v) is 2.28. The van der Waals surface area contributed by atoms with E-state index in [0.717, 1.165) is 18.7 Å². The van der Waals surface area contributed by atoms with Crippen molar-refractivity contribution in [2.75, 3.05) is 0 Å². The molecule has 2 aromatic rings. The van der Waals surface area contributed by atoms with Crippen LogP contribution in [0.3, 0.4) is 0 Å². The number of benzene rings is 1. The van der Waals surface area contributed by atoms with Gasteiger partial charge in [-0.15, -0.1) is 0 Å². The molecule has 3 rings (SSSR count). The van der Waals surface area contributed by atoms with Gasteiger partial charge in [-0.2, -0.15) is 0 Å². The first-order valence-electron chi connectivity index (χ1n) is 4.61. The number of aryl methyl sites for hydroxylation is 2. The number of aliphatic hydroxyl groups excluding tert-OH is 1. The van der Waals surface area contributed by atoms with E-state index in [0.29, 0.717) is 0 Å². The van der Waals surface area contributed by atoms with Crippen molar-refractivity contribution in [3.63, 3.8) is 0 Å². The van der Waals surface area contributed by atoms with Crippen molar-refractivity contribution in [2.24, 2.45) is 0 Å². The molecule has 0 saturated carbocycles. The highest BCUT2D eigenvalue weighted by Gasteiger charge is 2.16. The van der Waals surface area contributed by atoms with E-state index < -0.39 is 0 Å². The first-order chi connectivity index (χ1) is 6.40. The number of nitrogens with zero attached hydrogens (tertiary/aromatic N) is 1. The van der Waals surface area contributed by atoms with Gasteiger partial charge < -0.3 is 9.67 Å². The number of aromatic nitrogens is 1. The van der Waals surface area contributed by atoms with Crippen molar-refractivity contribution < 1.29 is 5.11 Å². The molecule has 0 bridgehead atoms. The van der Waals surface area contributed by atoms with E-state index in [4.69, 9.17) is 5.11 Å². The van der Waals surface area contributed by atoms with Crippen LogP contribution in [0.2, 0.25) is 0 Å². The molecule has 2 heterocycles. The van der Waals surface area contributed by atoms with Gasteiger partial charge in [0, 0.05) is 17.6 Å². The maximum atomic E-state index is 9.15. The average molecular weight is 173 g/mol. The first kappa shape index (κ1) is 7.15. The third-order valence-electron chi connectivity index (χ3n) is 2.86. The molecule has 1 N–H and O–H groups in total. The van der Waals surface area contributed by atoms with Gasteiger partial charge in [-0.05, 0) is 18.1 Å². The minimum Gasteiger partial charge on any atom is -0.390 e. The van der Waals surface area contributed by atoms with E-state index in [2.05, 4.69) is 28.8 Å². The maximum Gasteiger partial charge on any atom is 0.0833 e. The van der Waals surface area contributed by atoms with Gasteiger partial charge in [0.25, 0.3) is 0 Å². The largest absolute Gasteiger partial charge is 0.390 e. The molecule has 0 aliphatic carbocycles. The topological polar surface area (TPSA) is 25.2 Å². The van der Waals surface area contributed by atoms with Crippen LogP contribution in [0.15, 0.2) is 24.3 Å². The molecule has 0 unspecified atom stereocenters. The average Bonchev–Trinajstić information content (AvgIpc) is 2.73. The van der Waals surface area contributed by atoms with Crippen LogP contribution in [-0.2, 0) is 19.6 Å². The summed E-state index contributed by atoms with van der Waals surface area (Å²) in [5.74, 6) is 0.